The normalized spacial score (nSPS) is 17.4. The van der Waals surface area contributed by atoms with E-state index in [0.717, 1.165) is 25.0 Å². The Hall–Kier alpha value is -1.53. The van der Waals surface area contributed by atoms with E-state index in [2.05, 4.69) is 0 Å². The molecule has 4 nitrogen and oxygen atoms in total. The first-order chi connectivity index (χ1) is 10.4. The predicted octanol–water partition coefficient (Wildman–Crippen LogP) is 2.27. The average molecular weight is 313 g/mol. The van der Waals surface area contributed by atoms with Gasteiger partial charge in [-0.1, -0.05) is 13.0 Å². The molecule has 2 atom stereocenters. The van der Waals surface area contributed by atoms with Crippen molar-refractivity contribution in [3.8, 4) is 0 Å². The molecule has 0 amide bonds. The lowest BCUT2D eigenvalue weighted by Crippen LogP contribution is -2.37. The molecular formula is C16H21F2NO3. The summed E-state index contributed by atoms with van der Waals surface area (Å²) in [6.07, 6.45) is 1.09. The highest BCUT2D eigenvalue weighted by atomic mass is 19.2. The van der Waals surface area contributed by atoms with Gasteiger partial charge < -0.3 is 9.84 Å². The lowest BCUT2D eigenvalue weighted by molar-refractivity contribution is -0.145. The molecule has 1 aliphatic rings. The number of methoxy groups -OCH3 is 1. The number of hydrogen-bond donors (Lipinski definition) is 1. The van der Waals surface area contributed by atoms with E-state index >= 15 is 0 Å². The van der Waals surface area contributed by atoms with Crippen LogP contribution in [0.25, 0.3) is 0 Å². The number of hydrogen-bond acceptors (Lipinski definition) is 4. The zero-order valence-electron chi connectivity index (χ0n) is 12.8. The lowest BCUT2D eigenvalue weighted by atomic mass is 10.1. The summed E-state index contributed by atoms with van der Waals surface area (Å²) in [4.78, 5) is 13.5. The van der Waals surface area contributed by atoms with Gasteiger partial charge in [0.2, 0.25) is 0 Å². The van der Waals surface area contributed by atoms with Gasteiger partial charge in [0.1, 0.15) is 0 Å². The van der Waals surface area contributed by atoms with Crippen molar-refractivity contribution in [3.63, 3.8) is 0 Å². The van der Waals surface area contributed by atoms with Gasteiger partial charge in [0.25, 0.3) is 0 Å². The van der Waals surface area contributed by atoms with Crippen molar-refractivity contribution in [1.29, 1.82) is 0 Å². The second-order valence-corrected chi connectivity index (χ2v) is 5.80. The van der Waals surface area contributed by atoms with Crippen molar-refractivity contribution in [2.45, 2.75) is 31.9 Å². The van der Waals surface area contributed by atoms with Crippen molar-refractivity contribution in [1.82, 2.24) is 4.90 Å². The first kappa shape index (κ1) is 16.8. The molecule has 6 heteroatoms. The monoisotopic (exact) mass is 313 g/mol. The van der Waals surface area contributed by atoms with Crippen molar-refractivity contribution in [3.05, 3.63) is 35.4 Å². The van der Waals surface area contributed by atoms with Crippen LogP contribution < -0.4 is 0 Å². The first-order valence-corrected chi connectivity index (χ1v) is 7.37. The van der Waals surface area contributed by atoms with Crippen LogP contribution >= 0.6 is 0 Å². The van der Waals surface area contributed by atoms with Crippen LogP contribution in [-0.4, -0.2) is 42.2 Å². The number of esters is 1. The summed E-state index contributed by atoms with van der Waals surface area (Å²) in [6.45, 7) is 2.51. The van der Waals surface area contributed by atoms with E-state index in [1.807, 2.05) is 4.90 Å². The maximum atomic E-state index is 13.2. The number of benzene rings is 1. The number of halogens is 2. The van der Waals surface area contributed by atoms with Gasteiger partial charge in [-0.05, 0) is 30.5 Å². The second-order valence-electron chi connectivity index (χ2n) is 5.80. The molecule has 1 N–H and O–H groups in total. The molecule has 22 heavy (non-hydrogen) atoms. The Kier molecular flexibility index (Phi) is 5.47. The molecule has 2 rings (SSSR count). The number of aliphatic hydroxyl groups excluding tert-OH is 1. The molecule has 0 aliphatic heterocycles. The van der Waals surface area contributed by atoms with Crippen LogP contribution in [0.3, 0.4) is 0 Å². The van der Waals surface area contributed by atoms with Crippen molar-refractivity contribution in [2.24, 2.45) is 5.92 Å². The third-order valence-electron chi connectivity index (χ3n) is 3.91. The van der Waals surface area contributed by atoms with Gasteiger partial charge in [-0.2, -0.15) is 0 Å². The fraction of sp³-hybridized carbons (Fsp3) is 0.562. The van der Waals surface area contributed by atoms with E-state index in [1.165, 1.54) is 13.2 Å². The summed E-state index contributed by atoms with van der Waals surface area (Å²) in [5.41, 5.74) is 0.329. The number of carbonyl (C=O) groups excluding carboxylic acids is 1. The lowest BCUT2D eigenvalue weighted by Gasteiger charge is -2.27. The van der Waals surface area contributed by atoms with Crippen LogP contribution in [0.2, 0.25) is 0 Å². The zero-order chi connectivity index (χ0) is 16.3. The molecule has 0 aromatic heterocycles. The van der Waals surface area contributed by atoms with Crippen LogP contribution in [0.1, 0.15) is 31.4 Å². The van der Waals surface area contributed by atoms with E-state index in [9.17, 15) is 18.7 Å². The summed E-state index contributed by atoms with van der Waals surface area (Å²) in [7, 11) is 1.34. The molecule has 1 aromatic rings. The Bertz CT molecular complexity index is 534. The minimum absolute atomic E-state index is 0.275. The van der Waals surface area contributed by atoms with E-state index < -0.39 is 17.7 Å². The van der Waals surface area contributed by atoms with Gasteiger partial charge in [0, 0.05) is 19.1 Å². The van der Waals surface area contributed by atoms with Crippen molar-refractivity contribution >= 4 is 5.97 Å². The Balaban J connectivity index is 2.01. The minimum Gasteiger partial charge on any atom is -0.469 e. The Morgan fingerprint density at radius 2 is 2.05 bits per heavy atom. The SMILES string of the molecule is COC(=O)C(C)CN(CC(O)c1ccc(F)c(F)c1)C1CC1. The molecule has 0 saturated heterocycles. The summed E-state index contributed by atoms with van der Waals surface area (Å²) in [5.74, 6) is -2.51. The predicted molar refractivity (Wildman–Crippen MR) is 77.1 cm³/mol. The summed E-state index contributed by atoms with van der Waals surface area (Å²) < 4.78 is 30.9. The highest BCUT2D eigenvalue weighted by Crippen LogP contribution is 2.30. The standard InChI is InChI=1S/C16H21F2NO3/c1-10(16(21)22-2)8-19(12-4-5-12)9-15(20)11-3-6-13(17)14(18)7-11/h3,6-7,10,12,15,20H,4-5,8-9H2,1-2H3. The number of carbonyl (C=O) groups is 1. The minimum atomic E-state index is -0.975. The number of nitrogens with zero attached hydrogens (tertiary/aromatic N) is 1. The van der Waals surface area contributed by atoms with Crippen LogP contribution in [0.15, 0.2) is 18.2 Å². The molecule has 1 saturated carbocycles. The third-order valence-corrected chi connectivity index (χ3v) is 3.91. The molecule has 2 unspecified atom stereocenters. The molecule has 0 bridgehead atoms. The molecule has 1 aromatic carbocycles. The molecule has 0 radical (unpaired) electrons. The van der Waals surface area contributed by atoms with Gasteiger partial charge >= 0.3 is 5.97 Å². The van der Waals surface area contributed by atoms with Gasteiger partial charge in [-0.25, -0.2) is 8.78 Å². The summed E-state index contributed by atoms with van der Waals surface area (Å²) in [5, 5.41) is 10.2. The van der Waals surface area contributed by atoms with E-state index in [-0.39, 0.29) is 18.4 Å². The van der Waals surface area contributed by atoms with Gasteiger partial charge in [0.05, 0.1) is 19.1 Å². The molecule has 0 spiro atoms. The van der Waals surface area contributed by atoms with Gasteiger partial charge in [-0.15, -0.1) is 0 Å². The van der Waals surface area contributed by atoms with Crippen LogP contribution in [0.4, 0.5) is 8.78 Å². The van der Waals surface area contributed by atoms with E-state index in [0.29, 0.717) is 18.2 Å². The second kappa shape index (κ2) is 7.15. The van der Waals surface area contributed by atoms with Crippen molar-refractivity contribution < 1.29 is 23.4 Å². The van der Waals surface area contributed by atoms with Crippen LogP contribution in [0.5, 0.6) is 0 Å². The Morgan fingerprint density at radius 3 is 2.59 bits per heavy atom. The highest BCUT2D eigenvalue weighted by Gasteiger charge is 2.32. The van der Waals surface area contributed by atoms with Crippen LogP contribution in [-0.2, 0) is 9.53 Å². The van der Waals surface area contributed by atoms with Crippen LogP contribution in [0, 0.1) is 17.6 Å². The quantitative estimate of drug-likeness (QED) is 0.785. The Morgan fingerprint density at radius 1 is 1.36 bits per heavy atom. The summed E-state index contributed by atoms with van der Waals surface area (Å²) >= 11 is 0. The molecule has 1 fully saturated rings. The smallest absolute Gasteiger partial charge is 0.309 e. The average Bonchev–Trinajstić information content (AvgIpc) is 3.32. The molecule has 0 heterocycles. The highest BCUT2D eigenvalue weighted by molar-refractivity contribution is 5.72. The molecule has 122 valence electrons. The topological polar surface area (TPSA) is 49.8 Å². The van der Waals surface area contributed by atoms with E-state index in [1.54, 1.807) is 6.92 Å². The fourth-order valence-corrected chi connectivity index (χ4v) is 2.49. The number of rotatable bonds is 7. The fourth-order valence-electron chi connectivity index (χ4n) is 2.49. The van der Waals surface area contributed by atoms with E-state index in [4.69, 9.17) is 4.74 Å². The first-order valence-electron chi connectivity index (χ1n) is 7.37. The largest absolute Gasteiger partial charge is 0.469 e. The summed E-state index contributed by atoms with van der Waals surface area (Å²) in [6, 6.07) is 3.71. The molecular weight excluding hydrogens is 292 g/mol. The zero-order valence-corrected chi connectivity index (χ0v) is 12.8. The van der Waals surface area contributed by atoms with Gasteiger partial charge in [-0.3, -0.25) is 9.69 Å². The number of aliphatic hydroxyl groups is 1. The Labute approximate surface area is 128 Å². The maximum Gasteiger partial charge on any atom is 0.309 e. The number of ether oxygens (including phenoxy) is 1. The molecule has 1 aliphatic carbocycles. The van der Waals surface area contributed by atoms with Gasteiger partial charge in [0.15, 0.2) is 11.6 Å². The van der Waals surface area contributed by atoms with Crippen molar-refractivity contribution in [2.75, 3.05) is 20.2 Å². The third kappa shape index (κ3) is 4.24. The maximum absolute atomic E-state index is 13.2.